The smallest absolute Gasteiger partial charge is 0.163 e. The van der Waals surface area contributed by atoms with Crippen molar-refractivity contribution in [1.82, 2.24) is 14.9 Å². The Hall–Kier alpha value is -2.84. The van der Waals surface area contributed by atoms with Crippen molar-refractivity contribution in [1.29, 1.82) is 0 Å². The van der Waals surface area contributed by atoms with Crippen molar-refractivity contribution in [3.63, 3.8) is 0 Å². The number of hydrogen-bond donors (Lipinski definition) is 0. The average molecular weight is 577 g/mol. The van der Waals surface area contributed by atoms with E-state index in [1.54, 1.807) is 18.3 Å². The molecule has 6 nitrogen and oxygen atoms in total. The molecule has 0 unspecified atom stereocenters. The number of ketones is 1. The number of rotatable bonds is 7. The maximum Gasteiger partial charge on any atom is 0.163 e. The molecule has 0 N–H and O–H groups in total. The van der Waals surface area contributed by atoms with Crippen molar-refractivity contribution in [3.05, 3.63) is 64.8 Å². The van der Waals surface area contributed by atoms with Crippen LogP contribution in [0, 0.1) is 6.92 Å². The summed E-state index contributed by atoms with van der Waals surface area (Å²) in [4.78, 5) is 27.6. The molecule has 0 aliphatic carbocycles. The van der Waals surface area contributed by atoms with Gasteiger partial charge in [0.05, 0.1) is 15.8 Å². The average Bonchev–Trinajstić information content (AvgIpc) is 3.35. The van der Waals surface area contributed by atoms with Crippen LogP contribution in [0.3, 0.4) is 0 Å². The van der Waals surface area contributed by atoms with Gasteiger partial charge in [0.15, 0.2) is 5.78 Å². The van der Waals surface area contributed by atoms with Gasteiger partial charge in [-0.2, -0.15) is 0 Å². The van der Waals surface area contributed by atoms with Crippen molar-refractivity contribution in [2.24, 2.45) is 0 Å². The van der Waals surface area contributed by atoms with Crippen molar-refractivity contribution in [2.75, 3.05) is 37.6 Å². The fourth-order valence-electron chi connectivity index (χ4n) is 5.29. The van der Waals surface area contributed by atoms with Crippen LogP contribution < -0.4 is 4.90 Å². The Balaban J connectivity index is 1.64. The number of piperazine rings is 1. The van der Waals surface area contributed by atoms with E-state index in [2.05, 4.69) is 33.8 Å². The van der Waals surface area contributed by atoms with E-state index >= 15 is 0 Å². The maximum atomic E-state index is 13.0. The van der Waals surface area contributed by atoms with Gasteiger partial charge in [-0.1, -0.05) is 30.7 Å². The zero-order valence-corrected chi connectivity index (χ0v) is 25.7. The van der Waals surface area contributed by atoms with Gasteiger partial charge >= 0.3 is 0 Å². The van der Waals surface area contributed by atoms with Crippen LogP contribution in [0.1, 0.15) is 51.8 Å². The Morgan fingerprint density at radius 3 is 2.40 bits per heavy atom. The number of fused-ring (bicyclic) bond motifs is 1. The summed E-state index contributed by atoms with van der Waals surface area (Å²) in [6, 6.07) is 14.0. The molecule has 40 heavy (non-hydrogen) atoms. The predicted molar refractivity (Wildman–Crippen MR) is 167 cm³/mol. The van der Waals surface area contributed by atoms with E-state index in [4.69, 9.17) is 21.3 Å². The number of Topliss-reactive ketones (excluding diaryl/α,β-unsaturated/α-hetero) is 1. The number of pyridine rings is 1. The quantitative estimate of drug-likeness (QED) is 0.226. The Bertz CT molecular complexity index is 1520. The second-order valence-corrected chi connectivity index (χ2v) is 12.8. The Morgan fingerprint density at radius 1 is 1.07 bits per heavy atom. The zero-order valence-electron chi connectivity index (χ0n) is 24.1. The van der Waals surface area contributed by atoms with Crippen LogP contribution in [0.4, 0.5) is 5.82 Å². The summed E-state index contributed by atoms with van der Waals surface area (Å²) in [5.74, 6) is 0.955. The minimum Gasteiger partial charge on any atom is -0.360 e. The lowest BCUT2D eigenvalue weighted by Crippen LogP contribution is -2.46. The molecule has 0 radical (unpaired) electrons. The molecule has 1 aliphatic heterocycles. The van der Waals surface area contributed by atoms with Crippen molar-refractivity contribution in [3.8, 4) is 21.7 Å². The third kappa shape index (κ3) is 6.08. The van der Waals surface area contributed by atoms with E-state index in [9.17, 15) is 4.79 Å². The number of carbonyl (C=O) groups is 1. The van der Waals surface area contributed by atoms with Crippen LogP contribution in [0.2, 0.25) is 5.02 Å². The molecule has 0 amide bonds. The lowest BCUT2D eigenvalue weighted by molar-refractivity contribution is -0.138. The lowest BCUT2D eigenvalue weighted by atomic mass is 9.90. The van der Waals surface area contributed by atoms with E-state index in [1.165, 1.54) is 0 Å². The highest BCUT2D eigenvalue weighted by Gasteiger charge is 2.30. The Kier molecular flexibility index (Phi) is 8.30. The number of nitrogens with zero attached hydrogens (tertiary/aromatic N) is 4. The zero-order chi connectivity index (χ0) is 28.6. The van der Waals surface area contributed by atoms with Crippen LogP contribution in [0.25, 0.3) is 31.9 Å². The van der Waals surface area contributed by atoms with Crippen LogP contribution in [-0.2, 0) is 9.53 Å². The third-order valence-corrected chi connectivity index (χ3v) is 8.69. The third-order valence-electron chi connectivity index (χ3n) is 7.30. The Labute approximate surface area is 246 Å². The first-order valence-electron chi connectivity index (χ1n) is 13.9. The molecule has 0 saturated carbocycles. The fourth-order valence-corrected chi connectivity index (χ4v) is 6.54. The molecule has 1 atom stereocenters. The first kappa shape index (κ1) is 28.7. The number of likely N-dealkylation sites (N-methyl/N-ethyl adjacent to an activating group) is 1. The standard InChI is InChI=1S/C32H37ClN4O2S/c1-7-36-14-16-37(17-15-36)26-19-23(12-13-34-26)31-35-25-18-20(2)27(29(21(3)38)39-32(4,5)6)28(30(25)40-31)22-8-10-24(33)11-9-22/h8-13,18-19,29H,7,14-17H2,1-6H3/t29-/m1/s1. The number of hydrogen-bond acceptors (Lipinski definition) is 7. The number of thiazole rings is 1. The van der Waals surface area contributed by atoms with Gasteiger partial charge < -0.3 is 14.5 Å². The molecule has 3 heterocycles. The highest BCUT2D eigenvalue weighted by Crippen LogP contribution is 2.44. The molecule has 4 aromatic rings. The Morgan fingerprint density at radius 2 is 1.77 bits per heavy atom. The number of aromatic nitrogens is 2. The fraction of sp³-hybridized carbons (Fsp3) is 0.406. The van der Waals surface area contributed by atoms with Crippen LogP contribution >= 0.6 is 22.9 Å². The summed E-state index contributed by atoms with van der Waals surface area (Å²) in [6.07, 6.45) is 1.18. The topological polar surface area (TPSA) is 58.6 Å². The summed E-state index contributed by atoms with van der Waals surface area (Å²) in [6.45, 7) is 16.9. The van der Waals surface area contributed by atoms with Crippen molar-refractivity contribution < 1.29 is 9.53 Å². The summed E-state index contributed by atoms with van der Waals surface area (Å²) in [7, 11) is 0. The molecule has 1 fully saturated rings. The van der Waals surface area contributed by atoms with E-state index in [-0.39, 0.29) is 5.78 Å². The van der Waals surface area contributed by atoms with E-state index in [0.717, 1.165) is 81.6 Å². The molecule has 1 aliphatic rings. The second kappa shape index (κ2) is 11.6. The van der Waals surface area contributed by atoms with Gasteiger partial charge in [0.1, 0.15) is 16.9 Å². The molecular formula is C32H37ClN4O2S. The van der Waals surface area contributed by atoms with Crippen LogP contribution in [0.5, 0.6) is 0 Å². The molecule has 210 valence electrons. The highest BCUT2D eigenvalue weighted by molar-refractivity contribution is 7.22. The number of carbonyl (C=O) groups excluding carboxylic acids is 1. The molecule has 0 bridgehead atoms. The van der Waals surface area contributed by atoms with Gasteiger partial charge in [-0.15, -0.1) is 11.3 Å². The second-order valence-electron chi connectivity index (χ2n) is 11.4. The van der Waals surface area contributed by atoms with Gasteiger partial charge in [0, 0.05) is 54.1 Å². The molecule has 2 aromatic carbocycles. The van der Waals surface area contributed by atoms with Crippen LogP contribution in [0.15, 0.2) is 48.7 Å². The van der Waals surface area contributed by atoms with Gasteiger partial charge in [0.2, 0.25) is 0 Å². The summed E-state index contributed by atoms with van der Waals surface area (Å²) in [5.41, 5.74) is 5.27. The largest absolute Gasteiger partial charge is 0.360 e. The normalized spacial score (nSPS) is 15.5. The van der Waals surface area contributed by atoms with E-state index in [1.807, 2.05) is 64.2 Å². The summed E-state index contributed by atoms with van der Waals surface area (Å²) >= 11 is 7.91. The van der Waals surface area contributed by atoms with Gasteiger partial charge in [-0.3, -0.25) is 4.79 Å². The lowest BCUT2D eigenvalue weighted by Gasteiger charge is -2.34. The monoisotopic (exact) mass is 576 g/mol. The minimum atomic E-state index is -0.699. The van der Waals surface area contributed by atoms with E-state index < -0.39 is 11.7 Å². The first-order valence-corrected chi connectivity index (χ1v) is 15.1. The van der Waals surface area contributed by atoms with Crippen molar-refractivity contribution >= 4 is 44.8 Å². The van der Waals surface area contributed by atoms with Crippen molar-refractivity contribution in [2.45, 2.75) is 53.2 Å². The van der Waals surface area contributed by atoms with Crippen LogP contribution in [-0.4, -0.2) is 59.0 Å². The first-order chi connectivity index (χ1) is 19.0. The molecule has 1 saturated heterocycles. The van der Waals surface area contributed by atoms with Gasteiger partial charge in [-0.25, -0.2) is 9.97 Å². The molecule has 2 aromatic heterocycles. The number of halogens is 1. The van der Waals surface area contributed by atoms with Gasteiger partial charge in [0.25, 0.3) is 0 Å². The summed E-state index contributed by atoms with van der Waals surface area (Å²) in [5, 5.41) is 1.59. The highest BCUT2D eigenvalue weighted by atomic mass is 35.5. The minimum absolute atomic E-state index is 0.0285. The number of benzene rings is 2. The SMILES string of the molecule is CCN1CCN(c2cc(-c3nc4cc(C)c([C@H](OC(C)(C)C)C(C)=O)c(-c5ccc(Cl)cc5)c4s3)ccn2)CC1. The predicted octanol–water partition coefficient (Wildman–Crippen LogP) is 7.57. The number of ether oxygens (including phenoxy) is 1. The summed E-state index contributed by atoms with van der Waals surface area (Å²) < 4.78 is 7.41. The molecule has 0 spiro atoms. The molecular weight excluding hydrogens is 540 g/mol. The van der Waals surface area contributed by atoms with Gasteiger partial charge in [-0.05, 0) is 82.6 Å². The van der Waals surface area contributed by atoms with E-state index in [0.29, 0.717) is 5.02 Å². The molecule has 5 rings (SSSR count). The molecule has 8 heteroatoms. The number of anilines is 1. The maximum absolute atomic E-state index is 13.0. The number of aryl methyl sites for hydroxylation is 1.